The quantitative estimate of drug-likeness (QED) is 0.359. The summed E-state index contributed by atoms with van der Waals surface area (Å²) in [5.41, 5.74) is -0.524. The van der Waals surface area contributed by atoms with Crippen molar-refractivity contribution >= 4 is 28.9 Å². The molecular formula is C24H22O11. The molecule has 0 aliphatic heterocycles. The maximum Gasteiger partial charge on any atom is 0.308 e. The lowest BCUT2D eigenvalue weighted by Gasteiger charge is -2.16. The lowest BCUT2D eigenvalue weighted by atomic mass is 10.1. The smallest absolute Gasteiger partial charge is 0.308 e. The Hall–Kier alpha value is -4.54. The van der Waals surface area contributed by atoms with Crippen LogP contribution in [0.1, 0.15) is 20.8 Å². The standard InChI is InChI=1S/C24H22O11/c1-11(25)32-15-8-7-14(9-16(15)29-4)21-24(31-6)20(28)19-17(33-12(2)26)10-18(34-13(3)27)22(30-5)23(19)35-21/h7-10H,1-6H3. The highest BCUT2D eigenvalue weighted by Crippen LogP contribution is 2.44. The molecule has 3 aromatic rings. The zero-order chi connectivity index (χ0) is 25.9. The lowest BCUT2D eigenvalue weighted by molar-refractivity contribution is -0.133. The van der Waals surface area contributed by atoms with Crippen LogP contribution in [0.4, 0.5) is 0 Å². The number of fused-ring (bicyclic) bond motifs is 1. The highest BCUT2D eigenvalue weighted by atomic mass is 16.6. The van der Waals surface area contributed by atoms with E-state index in [0.717, 1.165) is 6.92 Å². The van der Waals surface area contributed by atoms with Crippen molar-refractivity contribution in [2.24, 2.45) is 0 Å². The van der Waals surface area contributed by atoms with Crippen LogP contribution >= 0.6 is 0 Å². The van der Waals surface area contributed by atoms with Gasteiger partial charge >= 0.3 is 17.9 Å². The molecule has 11 heteroatoms. The van der Waals surface area contributed by atoms with Crippen molar-refractivity contribution in [2.75, 3.05) is 21.3 Å². The number of carbonyl (C=O) groups excluding carboxylic acids is 3. The van der Waals surface area contributed by atoms with Gasteiger partial charge in [0.2, 0.25) is 16.9 Å². The first-order chi connectivity index (χ1) is 16.6. The van der Waals surface area contributed by atoms with Crippen molar-refractivity contribution in [3.05, 3.63) is 34.5 Å². The fourth-order valence-corrected chi connectivity index (χ4v) is 3.35. The van der Waals surface area contributed by atoms with Crippen LogP contribution in [-0.4, -0.2) is 39.2 Å². The van der Waals surface area contributed by atoms with Crippen LogP contribution in [-0.2, 0) is 14.4 Å². The molecule has 184 valence electrons. The molecule has 0 radical (unpaired) electrons. The van der Waals surface area contributed by atoms with E-state index >= 15 is 0 Å². The van der Waals surface area contributed by atoms with Gasteiger partial charge in [0.1, 0.15) is 11.1 Å². The zero-order valence-electron chi connectivity index (χ0n) is 19.8. The minimum atomic E-state index is -0.724. The molecule has 0 unspecified atom stereocenters. The first kappa shape index (κ1) is 25.1. The number of carbonyl (C=O) groups is 3. The molecule has 2 aromatic carbocycles. The molecule has 0 saturated heterocycles. The molecule has 0 fully saturated rings. The van der Waals surface area contributed by atoms with Crippen LogP contribution in [0.5, 0.6) is 34.5 Å². The molecule has 11 nitrogen and oxygen atoms in total. The Labute approximate surface area is 199 Å². The van der Waals surface area contributed by atoms with E-state index in [1.54, 1.807) is 0 Å². The second-order valence-corrected chi connectivity index (χ2v) is 7.05. The van der Waals surface area contributed by atoms with E-state index in [1.807, 2.05) is 0 Å². The normalized spacial score (nSPS) is 10.5. The third-order valence-electron chi connectivity index (χ3n) is 4.60. The van der Waals surface area contributed by atoms with Gasteiger partial charge in [-0.2, -0.15) is 0 Å². The summed E-state index contributed by atoms with van der Waals surface area (Å²) in [6, 6.07) is 5.62. The number of benzene rings is 2. The minimum absolute atomic E-state index is 0.0373. The van der Waals surface area contributed by atoms with Gasteiger partial charge in [-0.05, 0) is 18.2 Å². The largest absolute Gasteiger partial charge is 0.493 e. The molecule has 1 heterocycles. The van der Waals surface area contributed by atoms with Crippen LogP contribution in [0.25, 0.3) is 22.3 Å². The van der Waals surface area contributed by atoms with Crippen LogP contribution in [0, 0.1) is 0 Å². The average molecular weight is 486 g/mol. The Morgan fingerprint density at radius 3 is 1.80 bits per heavy atom. The molecule has 3 rings (SSSR count). The molecule has 0 bridgehead atoms. The summed E-state index contributed by atoms with van der Waals surface area (Å²) in [7, 11) is 3.93. The summed E-state index contributed by atoms with van der Waals surface area (Å²) >= 11 is 0. The van der Waals surface area contributed by atoms with Gasteiger partial charge in [-0.3, -0.25) is 19.2 Å². The fourth-order valence-electron chi connectivity index (χ4n) is 3.35. The zero-order valence-corrected chi connectivity index (χ0v) is 19.8. The molecule has 0 aliphatic rings. The van der Waals surface area contributed by atoms with Gasteiger partial charge in [-0.1, -0.05) is 0 Å². The van der Waals surface area contributed by atoms with Crippen molar-refractivity contribution in [3.63, 3.8) is 0 Å². The van der Waals surface area contributed by atoms with Crippen LogP contribution < -0.4 is 33.8 Å². The van der Waals surface area contributed by atoms with Gasteiger partial charge < -0.3 is 32.8 Å². The molecule has 0 saturated carbocycles. The summed E-state index contributed by atoms with van der Waals surface area (Å²) < 4.78 is 37.5. The SMILES string of the molecule is COc1cc(-c2oc3c(OC)c(OC(C)=O)cc(OC(C)=O)c3c(=O)c2OC)ccc1OC(C)=O. The van der Waals surface area contributed by atoms with Gasteiger partial charge in [-0.15, -0.1) is 0 Å². The molecule has 35 heavy (non-hydrogen) atoms. The van der Waals surface area contributed by atoms with E-state index in [-0.39, 0.29) is 51.2 Å². The van der Waals surface area contributed by atoms with Crippen molar-refractivity contribution in [2.45, 2.75) is 20.8 Å². The molecule has 0 amide bonds. The van der Waals surface area contributed by atoms with Crippen molar-refractivity contribution in [1.82, 2.24) is 0 Å². The molecule has 0 spiro atoms. The van der Waals surface area contributed by atoms with E-state index in [2.05, 4.69) is 0 Å². The third kappa shape index (κ3) is 5.03. The Kier molecular flexibility index (Phi) is 7.28. The monoisotopic (exact) mass is 486 g/mol. The van der Waals surface area contributed by atoms with Gasteiger partial charge in [0.15, 0.2) is 28.6 Å². The van der Waals surface area contributed by atoms with Gasteiger partial charge in [-0.25, -0.2) is 0 Å². The van der Waals surface area contributed by atoms with E-state index in [0.29, 0.717) is 5.56 Å². The minimum Gasteiger partial charge on any atom is -0.493 e. The van der Waals surface area contributed by atoms with Gasteiger partial charge in [0.25, 0.3) is 0 Å². The molecule has 0 aliphatic carbocycles. The summed E-state index contributed by atoms with van der Waals surface area (Å²) in [6.45, 7) is 3.56. The highest BCUT2D eigenvalue weighted by Gasteiger charge is 2.27. The highest BCUT2D eigenvalue weighted by molar-refractivity contribution is 5.95. The maximum absolute atomic E-state index is 13.5. The van der Waals surface area contributed by atoms with Crippen molar-refractivity contribution in [1.29, 1.82) is 0 Å². The first-order valence-corrected chi connectivity index (χ1v) is 10.1. The number of methoxy groups -OCH3 is 3. The van der Waals surface area contributed by atoms with Crippen LogP contribution in [0.3, 0.4) is 0 Å². The second-order valence-electron chi connectivity index (χ2n) is 7.05. The summed E-state index contributed by atoms with van der Waals surface area (Å²) in [5.74, 6) is -2.31. The van der Waals surface area contributed by atoms with Gasteiger partial charge in [0.05, 0.1) is 21.3 Å². The number of hydrogen-bond donors (Lipinski definition) is 0. The Bertz CT molecular complexity index is 1380. The van der Waals surface area contributed by atoms with E-state index in [1.165, 1.54) is 59.4 Å². The topological polar surface area (TPSA) is 137 Å². The maximum atomic E-state index is 13.5. The Morgan fingerprint density at radius 1 is 0.686 bits per heavy atom. The van der Waals surface area contributed by atoms with Crippen LogP contribution in [0.2, 0.25) is 0 Å². The lowest BCUT2D eigenvalue weighted by Crippen LogP contribution is -2.13. The average Bonchev–Trinajstić information content (AvgIpc) is 2.78. The van der Waals surface area contributed by atoms with E-state index in [4.69, 9.17) is 32.8 Å². The fraction of sp³-hybridized carbons (Fsp3) is 0.250. The van der Waals surface area contributed by atoms with Crippen LogP contribution in [0.15, 0.2) is 33.5 Å². The third-order valence-corrected chi connectivity index (χ3v) is 4.60. The predicted molar refractivity (Wildman–Crippen MR) is 122 cm³/mol. The number of rotatable bonds is 7. The molecule has 0 N–H and O–H groups in total. The summed E-state index contributed by atoms with van der Waals surface area (Å²) in [5, 5.41) is -0.169. The van der Waals surface area contributed by atoms with Crippen molar-refractivity contribution in [3.8, 4) is 45.8 Å². The van der Waals surface area contributed by atoms with E-state index in [9.17, 15) is 19.2 Å². The van der Waals surface area contributed by atoms with Gasteiger partial charge in [0, 0.05) is 32.4 Å². The van der Waals surface area contributed by atoms with E-state index < -0.39 is 23.3 Å². The molecular weight excluding hydrogens is 464 g/mol. The molecule has 1 aromatic heterocycles. The second kappa shape index (κ2) is 10.2. The molecule has 0 atom stereocenters. The number of ether oxygens (including phenoxy) is 6. The first-order valence-electron chi connectivity index (χ1n) is 10.1. The number of hydrogen-bond acceptors (Lipinski definition) is 11. The number of esters is 3. The summed E-state index contributed by atoms with van der Waals surface area (Å²) in [6.07, 6.45) is 0. The Morgan fingerprint density at radius 2 is 1.26 bits per heavy atom. The Balaban J connectivity index is 2.41. The predicted octanol–water partition coefficient (Wildman–Crippen LogP) is 3.26. The summed E-state index contributed by atoms with van der Waals surface area (Å²) in [4.78, 5) is 48.2. The van der Waals surface area contributed by atoms with Crippen molar-refractivity contribution < 1.29 is 47.2 Å².